The third-order valence-corrected chi connectivity index (χ3v) is 7.50. The van der Waals surface area contributed by atoms with Gasteiger partial charge in [-0.25, -0.2) is 13.2 Å². The topological polar surface area (TPSA) is 92.8 Å². The standard InChI is InChI=1S/C23H28N2O5S/c1-17-11-12-19(16-21(17)31(28,29)25-13-7-4-8-14-25)22(26)24-20(23(27)30-2)15-18-9-5-3-6-10-18/h3,5-6,9-12,16,20H,4,7-8,13-15H2,1-2H3,(H,24,26)/t20-/m0/s1. The summed E-state index contributed by atoms with van der Waals surface area (Å²) in [6.07, 6.45) is 2.95. The fraction of sp³-hybridized carbons (Fsp3) is 0.391. The predicted molar refractivity (Wildman–Crippen MR) is 117 cm³/mol. The summed E-state index contributed by atoms with van der Waals surface area (Å²) in [5.41, 5.74) is 1.63. The Morgan fingerprint density at radius 2 is 1.74 bits per heavy atom. The molecule has 1 atom stereocenters. The molecule has 0 aromatic heterocycles. The Morgan fingerprint density at radius 1 is 1.06 bits per heavy atom. The van der Waals surface area contributed by atoms with Crippen LogP contribution in [0.2, 0.25) is 0 Å². The molecule has 1 heterocycles. The lowest BCUT2D eigenvalue weighted by atomic mass is 10.1. The highest BCUT2D eigenvalue weighted by atomic mass is 32.2. The molecule has 1 N–H and O–H groups in total. The van der Waals surface area contributed by atoms with Crippen LogP contribution < -0.4 is 5.32 Å². The van der Waals surface area contributed by atoms with Crippen molar-refractivity contribution in [3.63, 3.8) is 0 Å². The highest BCUT2D eigenvalue weighted by molar-refractivity contribution is 7.89. The van der Waals surface area contributed by atoms with E-state index < -0.39 is 27.9 Å². The van der Waals surface area contributed by atoms with E-state index >= 15 is 0 Å². The van der Waals surface area contributed by atoms with Gasteiger partial charge in [0.05, 0.1) is 12.0 Å². The number of hydrogen-bond donors (Lipinski definition) is 1. The summed E-state index contributed by atoms with van der Waals surface area (Å²) in [5.74, 6) is -1.09. The van der Waals surface area contributed by atoms with Gasteiger partial charge in [0.15, 0.2) is 0 Å². The van der Waals surface area contributed by atoms with Gasteiger partial charge in [-0.15, -0.1) is 0 Å². The highest BCUT2D eigenvalue weighted by Crippen LogP contribution is 2.24. The molecule has 2 aromatic carbocycles. The van der Waals surface area contributed by atoms with Crippen molar-refractivity contribution >= 4 is 21.9 Å². The van der Waals surface area contributed by atoms with E-state index in [1.165, 1.54) is 17.5 Å². The number of ether oxygens (including phenoxy) is 1. The van der Waals surface area contributed by atoms with E-state index in [1.807, 2.05) is 30.3 Å². The van der Waals surface area contributed by atoms with Crippen molar-refractivity contribution < 1.29 is 22.7 Å². The summed E-state index contributed by atoms with van der Waals surface area (Å²) in [4.78, 5) is 25.3. The fourth-order valence-corrected chi connectivity index (χ4v) is 5.46. The molecular weight excluding hydrogens is 416 g/mol. The minimum absolute atomic E-state index is 0.125. The minimum Gasteiger partial charge on any atom is -0.467 e. The van der Waals surface area contributed by atoms with Crippen LogP contribution in [0.1, 0.15) is 40.7 Å². The Hall–Kier alpha value is -2.71. The van der Waals surface area contributed by atoms with E-state index in [1.54, 1.807) is 19.1 Å². The van der Waals surface area contributed by atoms with E-state index in [0.29, 0.717) is 18.7 Å². The summed E-state index contributed by atoms with van der Waals surface area (Å²) in [7, 11) is -2.42. The monoisotopic (exact) mass is 444 g/mol. The minimum atomic E-state index is -3.69. The van der Waals surface area contributed by atoms with Gasteiger partial charge in [0.25, 0.3) is 5.91 Å². The molecule has 1 aliphatic rings. The van der Waals surface area contributed by atoms with Crippen molar-refractivity contribution in [2.24, 2.45) is 0 Å². The number of rotatable bonds is 7. The average molecular weight is 445 g/mol. The van der Waals surface area contributed by atoms with Gasteiger partial charge in [-0.2, -0.15) is 4.31 Å². The number of carbonyl (C=O) groups is 2. The van der Waals surface area contributed by atoms with Crippen LogP contribution in [0.25, 0.3) is 0 Å². The SMILES string of the molecule is COC(=O)[C@H](Cc1ccccc1)NC(=O)c1ccc(C)c(S(=O)(=O)N2CCCCC2)c1. The zero-order valence-electron chi connectivity index (χ0n) is 17.8. The van der Waals surface area contributed by atoms with E-state index in [9.17, 15) is 18.0 Å². The number of amides is 1. The molecule has 1 fully saturated rings. The number of nitrogens with zero attached hydrogens (tertiary/aromatic N) is 1. The molecule has 7 nitrogen and oxygen atoms in total. The van der Waals surface area contributed by atoms with Crippen molar-refractivity contribution in [3.05, 3.63) is 65.2 Å². The first-order valence-corrected chi connectivity index (χ1v) is 11.8. The van der Waals surface area contributed by atoms with Gasteiger partial charge in [-0.3, -0.25) is 4.79 Å². The van der Waals surface area contributed by atoms with E-state index in [2.05, 4.69) is 5.32 Å². The molecule has 166 valence electrons. The normalized spacial score (nSPS) is 15.8. The number of hydrogen-bond acceptors (Lipinski definition) is 5. The third kappa shape index (κ3) is 5.51. The molecule has 2 aromatic rings. The van der Waals surface area contributed by atoms with Gasteiger partial charge in [0.2, 0.25) is 10.0 Å². The summed E-state index contributed by atoms with van der Waals surface area (Å²) in [5, 5.41) is 2.69. The Bertz CT molecular complexity index is 1030. The number of benzene rings is 2. The summed E-state index contributed by atoms with van der Waals surface area (Å²) >= 11 is 0. The molecule has 0 bridgehead atoms. The van der Waals surface area contributed by atoms with Gasteiger partial charge in [-0.05, 0) is 43.0 Å². The summed E-state index contributed by atoms with van der Waals surface area (Å²) in [6, 6.07) is 13.0. The number of aryl methyl sites for hydroxylation is 1. The molecule has 8 heteroatoms. The largest absolute Gasteiger partial charge is 0.467 e. The molecule has 0 unspecified atom stereocenters. The molecule has 1 aliphatic heterocycles. The highest BCUT2D eigenvalue weighted by Gasteiger charge is 2.29. The molecule has 3 rings (SSSR count). The third-order valence-electron chi connectivity index (χ3n) is 5.46. The Kier molecular flexibility index (Phi) is 7.46. The maximum atomic E-state index is 13.1. The van der Waals surface area contributed by atoms with Crippen LogP contribution in [0, 0.1) is 6.92 Å². The van der Waals surface area contributed by atoms with Gasteiger partial charge < -0.3 is 10.1 Å². The van der Waals surface area contributed by atoms with Gasteiger partial charge in [0.1, 0.15) is 6.04 Å². The molecule has 0 spiro atoms. The lowest BCUT2D eigenvalue weighted by molar-refractivity contribution is -0.142. The summed E-state index contributed by atoms with van der Waals surface area (Å²) < 4.78 is 32.6. The maximum absolute atomic E-state index is 13.1. The van der Waals surface area contributed by atoms with Gasteiger partial charge >= 0.3 is 5.97 Å². The second kappa shape index (κ2) is 10.1. The molecule has 0 aliphatic carbocycles. The van der Waals surface area contributed by atoms with Gasteiger partial charge in [0, 0.05) is 25.1 Å². The van der Waals surface area contributed by atoms with Crippen molar-refractivity contribution in [3.8, 4) is 0 Å². The average Bonchev–Trinajstić information content (AvgIpc) is 2.79. The first-order valence-electron chi connectivity index (χ1n) is 10.4. The fourth-order valence-electron chi connectivity index (χ4n) is 3.69. The number of piperidine rings is 1. The van der Waals surface area contributed by atoms with Crippen LogP contribution in [0.4, 0.5) is 0 Å². The zero-order valence-corrected chi connectivity index (χ0v) is 18.7. The number of carbonyl (C=O) groups excluding carboxylic acids is 2. The van der Waals surface area contributed by atoms with Crippen molar-refractivity contribution in [1.29, 1.82) is 0 Å². The zero-order chi connectivity index (χ0) is 22.4. The van der Waals surface area contributed by atoms with Crippen LogP contribution in [0.15, 0.2) is 53.4 Å². The van der Waals surface area contributed by atoms with Crippen molar-refractivity contribution in [2.45, 2.75) is 43.5 Å². The first-order chi connectivity index (χ1) is 14.8. The second-order valence-corrected chi connectivity index (χ2v) is 9.59. The molecule has 0 radical (unpaired) electrons. The van der Waals surface area contributed by atoms with Crippen LogP contribution in [0.3, 0.4) is 0 Å². The van der Waals surface area contributed by atoms with Crippen LogP contribution in [0.5, 0.6) is 0 Å². The second-order valence-electron chi connectivity index (χ2n) is 7.68. The lowest BCUT2D eigenvalue weighted by Gasteiger charge is -2.26. The molecule has 1 amide bonds. The predicted octanol–water partition coefficient (Wildman–Crippen LogP) is 2.68. The Morgan fingerprint density at radius 3 is 2.39 bits per heavy atom. The van der Waals surface area contributed by atoms with Gasteiger partial charge in [-0.1, -0.05) is 42.8 Å². The van der Waals surface area contributed by atoms with Crippen LogP contribution in [-0.2, 0) is 26.0 Å². The number of sulfonamides is 1. The van der Waals surface area contributed by atoms with Crippen LogP contribution >= 0.6 is 0 Å². The quantitative estimate of drug-likeness (QED) is 0.663. The summed E-state index contributed by atoms with van der Waals surface area (Å²) in [6.45, 7) is 2.69. The van der Waals surface area contributed by atoms with Crippen LogP contribution in [-0.4, -0.2) is 50.8 Å². The number of esters is 1. The van der Waals surface area contributed by atoms with E-state index in [0.717, 1.165) is 24.8 Å². The first kappa shape index (κ1) is 23.0. The molecular formula is C23H28N2O5S. The van der Waals surface area contributed by atoms with E-state index in [4.69, 9.17) is 4.74 Å². The molecule has 31 heavy (non-hydrogen) atoms. The number of nitrogens with one attached hydrogen (secondary N) is 1. The van der Waals surface area contributed by atoms with Crippen molar-refractivity contribution in [1.82, 2.24) is 9.62 Å². The lowest BCUT2D eigenvalue weighted by Crippen LogP contribution is -2.43. The van der Waals surface area contributed by atoms with E-state index in [-0.39, 0.29) is 16.9 Å². The smallest absolute Gasteiger partial charge is 0.328 e. The molecule has 0 saturated carbocycles. The Labute approximate surface area is 183 Å². The maximum Gasteiger partial charge on any atom is 0.328 e. The molecule has 1 saturated heterocycles. The Balaban J connectivity index is 1.83. The number of methoxy groups -OCH3 is 1. The van der Waals surface area contributed by atoms with Crippen molar-refractivity contribution in [2.75, 3.05) is 20.2 Å².